The van der Waals surface area contributed by atoms with Crippen molar-refractivity contribution >= 4 is 53.9 Å². The number of benzene rings is 4. The first-order valence-corrected chi connectivity index (χ1v) is 7.73. The van der Waals surface area contributed by atoms with Crippen molar-refractivity contribution in [3.8, 4) is 0 Å². The smallest absolute Gasteiger partial charge is 0.00137 e. The van der Waals surface area contributed by atoms with Crippen molar-refractivity contribution in [1.29, 1.82) is 0 Å². The first kappa shape index (κ1) is 10.8. The van der Waals surface area contributed by atoms with Crippen molar-refractivity contribution in [3.05, 3.63) is 72.8 Å². The minimum atomic E-state index is 1.38. The maximum Gasteiger partial charge on any atom is -0.00137 e. The molecule has 6 rings (SSSR count). The van der Waals surface area contributed by atoms with E-state index in [9.17, 15) is 0 Å². The van der Waals surface area contributed by atoms with Gasteiger partial charge >= 0.3 is 0 Å². The van der Waals surface area contributed by atoms with Crippen molar-refractivity contribution < 1.29 is 0 Å². The first-order chi connectivity index (χ1) is 10.9. The van der Waals surface area contributed by atoms with E-state index in [1.807, 2.05) is 0 Å². The molecule has 0 N–H and O–H groups in total. The molecule has 0 aliphatic carbocycles. The molecule has 0 fully saturated rings. The third-order valence-corrected chi connectivity index (χ3v) is 5.16. The van der Waals surface area contributed by atoms with Gasteiger partial charge in [0, 0.05) is 0 Å². The van der Waals surface area contributed by atoms with Crippen LogP contribution >= 0.6 is 0 Å². The van der Waals surface area contributed by atoms with Gasteiger partial charge in [-0.3, -0.25) is 0 Å². The van der Waals surface area contributed by atoms with Gasteiger partial charge in [0.25, 0.3) is 0 Å². The van der Waals surface area contributed by atoms with Crippen LogP contribution in [0.25, 0.3) is 53.9 Å². The van der Waals surface area contributed by atoms with Crippen LogP contribution < -0.4 is 0 Å². The van der Waals surface area contributed by atoms with Crippen LogP contribution in [0.15, 0.2) is 72.8 Å². The zero-order chi connectivity index (χ0) is 14.3. The molecule has 0 amide bonds. The monoisotopic (exact) mass is 276 g/mol. The number of hydrogen-bond donors (Lipinski definition) is 0. The summed E-state index contributed by atoms with van der Waals surface area (Å²) in [6.45, 7) is 0. The van der Waals surface area contributed by atoms with E-state index in [0.717, 1.165) is 0 Å². The summed E-state index contributed by atoms with van der Waals surface area (Å²) >= 11 is 0. The maximum atomic E-state index is 2.38. The second-order valence-electron chi connectivity index (χ2n) is 6.17. The van der Waals surface area contributed by atoms with Crippen LogP contribution in [0, 0.1) is 0 Å². The van der Waals surface area contributed by atoms with Gasteiger partial charge in [0.1, 0.15) is 0 Å². The molecule has 100 valence electrons. The Morgan fingerprint density at radius 1 is 0.318 bits per heavy atom. The summed E-state index contributed by atoms with van der Waals surface area (Å²) in [5, 5.41) is 13.9. The van der Waals surface area contributed by atoms with Crippen molar-refractivity contribution in [2.24, 2.45) is 0 Å². The molecule has 0 heteroatoms. The Bertz CT molecular complexity index is 1310. The zero-order valence-corrected chi connectivity index (χ0v) is 11.9. The van der Waals surface area contributed by atoms with Crippen molar-refractivity contribution in [2.45, 2.75) is 0 Å². The van der Waals surface area contributed by atoms with E-state index in [-0.39, 0.29) is 0 Å². The van der Waals surface area contributed by atoms with Gasteiger partial charge in [0.2, 0.25) is 0 Å². The Hall–Kier alpha value is -2.86. The largest absolute Gasteiger partial charge is 0.0616 e. The lowest BCUT2D eigenvalue weighted by atomic mass is 10.0. The van der Waals surface area contributed by atoms with E-state index >= 15 is 0 Å². The molecule has 6 aromatic rings. The number of rotatable bonds is 0. The fourth-order valence-electron chi connectivity index (χ4n) is 4.30. The van der Waals surface area contributed by atoms with Crippen LogP contribution in [-0.4, -0.2) is 0 Å². The van der Waals surface area contributed by atoms with Crippen LogP contribution in [0.3, 0.4) is 0 Å². The first-order valence-electron chi connectivity index (χ1n) is 7.73. The molecule has 0 aliphatic heterocycles. The van der Waals surface area contributed by atoms with E-state index in [2.05, 4.69) is 72.8 Å². The minimum Gasteiger partial charge on any atom is -0.0616 e. The van der Waals surface area contributed by atoms with Crippen LogP contribution in [0.4, 0.5) is 0 Å². The molecule has 0 saturated heterocycles. The third-order valence-electron chi connectivity index (χ3n) is 5.16. The summed E-state index contributed by atoms with van der Waals surface area (Å²) in [5.41, 5.74) is 0. The fraction of sp³-hybridized carbons (Fsp3) is 0. The lowest BCUT2D eigenvalue weighted by Crippen LogP contribution is -1.72. The summed E-state index contributed by atoms with van der Waals surface area (Å²) in [6, 6.07) is 26.7. The average Bonchev–Trinajstić information content (AvgIpc) is 3.08. The Morgan fingerprint density at radius 3 is 1.41 bits per heavy atom. The van der Waals surface area contributed by atoms with Crippen molar-refractivity contribution in [2.75, 3.05) is 0 Å². The van der Waals surface area contributed by atoms with Gasteiger partial charge < -0.3 is 0 Å². The molecule has 0 nitrogen and oxygen atoms in total. The summed E-state index contributed by atoms with van der Waals surface area (Å²) < 4.78 is 0. The molecule has 0 aromatic heterocycles. The normalized spacial score (nSPS) is 12.5. The quantitative estimate of drug-likeness (QED) is 0.304. The van der Waals surface area contributed by atoms with Crippen LogP contribution in [0.1, 0.15) is 0 Å². The third kappa shape index (κ3) is 1.05. The predicted octanol–water partition coefficient (Wildman–Crippen LogP) is 6.33. The van der Waals surface area contributed by atoms with E-state index in [4.69, 9.17) is 0 Å². The highest BCUT2D eigenvalue weighted by atomic mass is 14.2. The van der Waals surface area contributed by atoms with Gasteiger partial charge in [0.05, 0.1) is 0 Å². The highest BCUT2D eigenvalue weighted by Crippen LogP contribution is 2.47. The Morgan fingerprint density at radius 2 is 0.727 bits per heavy atom. The second-order valence-corrected chi connectivity index (χ2v) is 6.17. The minimum absolute atomic E-state index is 1.38. The molecule has 6 aromatic carbocycles. The van der Waals surface area contributed by atoms with E-state index in [0.29, 0.717) is 0 Å². The van der Waals surface area contributed by atoms with Crippen molar-refractivity contribution in [1.82, 2.24) is 0 Å². The Kier molecular flexibility index (Phi) is 1.71. The van der Waals surface area contributed by atoms with E-state index in [1.165, 1.54) is 53.9 Å². The summed E-state index contributed by atoms with van der Waals surface area (Å²) in [5.74, 6) is 0. The van der Waals surface area contributed by atoms with E-state index in [1.54, 1.807) is 0 Å². The molecule has 2 bridgehead atoms. The van der Waals surface area contributed by atoms with Gasteiger partial charge in [-0.25, -0.2) is 0 Å². The second kappa shape index (κ2) is 3.48. The zero-order valence-electron chi connectivity index (χ0n) is 11.9. The Labute approximate surface area is 127 Å². The van der Waals surface area contributed by atoms with Gasteiger partial charge in [-0.1, -0.05) is 66.7 Å². The molecule has 0 radical (unpaired) electrons. The lowest BCUT2D eigenvalue weighted by molar-refractivity contribution is 1.85. The van der Waals surface area contributed by atoms with Gasteiger partial charge in [-0.15, -0.1) is 0 Å². The highest BCUT2D eigenvalue weighted by molar-refractivity contribution is 6.42. The summed E-state index contributed by atoms with van der Waals surface area (Å²) in [6.07, 6.45) is 0. The van der Waals surface area contributed by atoms with Gasteiger partial charge in [-0.05, 0) is 59.9 Å². The molecule has 0 unspecified atom stereocenters. The van der Waals surface area contributed by atoms with Crippen LogP contribution in [0.2, 0.25) is 0 Å². The Balaban J connectivity index is 2.15. The topological polar surface area (TPSA) is 0 Å². The number of hydrogen-bond acceptors (Lipinski definition) is 0. The SMILES string of the molecule is c1ccc2c(c1)c1cc2c2c3ccccc3c3cccc1c32. The molecule has 0 saturated carbocycles. The highest BCUT2D eigenvalue weighted by Gasteiger charge is 2.18. The number of fused-ring (bicyclic) bond motifs is 5. The average molecular weight is 276 g/mol. The van der Waals surface area contributed by atoms with Crippen LogP contribution in [0.5, 0.6) is 0 Å². The standard InChI is InChI=1S/C22H12/c1-2-7-14-13(6-1)19-12-20(14)22-16-9-4-3-8-15(16)17-10-5-11-18(19)21(17)22/h1-12H. The summed E-state index contributed by atoms with van der Waals surface area (Å²) in [4.78, 5) is 0. The molecule has 0 atom stereocenters. The van der Waals surface area contributed by atoms with Crippen LogP contribution in [-0.2, 0) is 0 Å². The maximum absolute atomic E-state index is 2.38. The van der Waals surface area contributed by atoms with Gasteiger partial charge in [0.15, 0.2) is 0 Å². The molecule has 0 heterocycles. The molecular weight excluding hydrogens is 264 g/mol. The van der Waals surface area contributed by atoms with Gasteiger partial charge in [-0.2, -0.15) is 0 Å². The molecular formula is C22H12. The lowest BCUT2D eigenvalue weighted by Gasteiger charge is -2.00. The molecule has 0 spiro atoms. The fourth-order valence-corrected chi connectivity index (χ4v) is 4.30. The van der Waals surface area contributed by atoms with Crippen molar-refractivity contribution in [3.63, 3.8) is 0 Å². The van der Waals surface area contributed by atoms with E-state index < -0.39 is 0 Å². The predicted molar refractivity (Wildman–Crippen MR) is 96.3 cm³/mol. The molecule has 0 aliphatic rings. The molecule has 22 heavy (non-hydrogen) atoms. The summed E-state index contributed by atoms with van der Waals surface area (Å²) in [7, 11) is 0.